The molecule has 0 aliphatic carbocycles. The van der Waals surface area contributed by atoms with Gasteiger partial charge in [0.15, 0.2) is 0 Å². The van der Waals surface area contributed by atoms with Crippen molar-refractivity contribution in [1.29, 1.82) is 0 Å². The van der Waals surface area contributed by atoms with Gasteiger partial charge in [-0.15, -0.1) is 0 Å². The Morgan fingerprint density at radius 1 is 1.10 bits per heavy atom. The summed E-state index contributed by atoms with van der Waals surface area (Å²) in [5.74, 6) is 1.96. The van der Waals surface area contributed by atoms with Crippen LogP contribution in [0.5, 0.6) is 0 Å². The summed E-state index contributed by atoms with van der Waals surface area (Å²) in [7, 11) is 0. The number of rotatable bonds is 7. The predicted molar refractivity (Wildman–Crippen MR) is 89.1 cm³/mol. The number of carbonyl (C=O) groups is 1. The standard InChI is InChI=1S/C17H35N3O/c1-13(2)10-20(11-14(3)4)17(21)12-19-8-6-16(7-9-19)15(5)18/h13-16H,6-12,18H2,1-5H3. The molecule has 1 unspecified atom stereocenters. The van der Waals surface area contributed by atoms with Gasteiger partial charge in [-0.3, -0.25) is 9.69 Å². The molecule has 1 atom stereocenters. The van der Waals surface area contributed by atoms with Crippen LogP contribution in [0.2, 0.25) is 0 Å². The highest BCUT2D eigenvalue weighted by molar-refractivity contribution is 5.78. The quantitative estimate of drug-likeness (QED) is 0.783. The molecule has 0 bridgehead atoms. The Kier molecular flexibility index (Phi) is 7.67. The molecule has 124 valence electrons. The Morgan fingerprint density at radius 3 is 1.95 bits per heavy atom. The van der Waals surface area contributed by atoms with Gasteiger partial charge >= 0.3 is 0 Å². The monoisotopic (exact) mass is 297 g/mol. The summed E-state index contributed by atoms with van der Waals surface area (Å²) < 4.78 is 0. The van der Waals surface area contributed by atoms with E-state index in [-0.39, 0.29) is 11.9 Å². The van der Waals surface area contributed by atoms with E-state index in [0.29, 0.717) is 24.3 Å². The van der Waals surface area contributed by atoms with E-state index >= 15 is 0 Å². The van der Waals surface area contributed by atoms with Crippen LogP contribution in [0.3, 0.4) is 0 Å². The van der Waals surface area contributed by atoms with Crippen LogP contribution in [0.25, 0.3) is 0 Å². The molecule has 1 heterocycles. The number of nitrogens with zero attached hydrogens (tertiary/aromatic N) is 2. The van der Waals surface area contributed by atoms with E-state index in [1.807, 2.05) is 4.90 Å². The molecule has 0 radical (unpaired) electrons. The third-order valence-electron chi connectivity index (χ3n) is 4.26. The van der Waals surface area contributed by atoms with Crippen LogP contribution in [0, 0.1) is 17.8 Å². The molecule has 2 N–H and O–H groups in total. The Morgan fingerprint density at radius 2 is 1.57 bits per heavy atom. The number of hydrogen-bond donors (Lipinski definition) is 1. The molecule has 1 amide bonds. The summed E-state index contributed by atoms with van der Waals surface area (Å²) in [6.07, 6.45) is 2.25. The molecule has 4 heteroatoms. The minimum atomic E-state index is 0.279. The maximum Gasteiger partial charge on any atom is 0.236 e. The molecule has 4 nitrogen and oxygen atoms in total. The lowest BCUT2D eigenvalue weighted by atomic mass is 9.91. The second-order valence-corrected chi connectivity index (χ2v) is 7.56. The van der Waals surface area contributed by atoms with Gasteiger partial charge in [-0.2, -0.15) is 0 Å². The Balaban J connectivity index is 2.46. The minimum absolute atomic E-state index is 0.279. The fourth-order valence-corrected chi connectivity index (χ4v) is 3.09. The largest absolute Gasteiger partial charge is 0.341 e. The van der Waals surface area contributed by atoms with Crippen molar-refractivity contribution < 1.29 is 4.79 Å². The van der Waals surface area contributed by atoms with Gasteiger partial charge < -0.3 is 10.6 Å². The van der Waals surface area contributed by atoms with Crippen molar-refractivity contribution in [2.24, 2.45) is 23.5 Å². The smallest absolute Gasteiger partial charge is 0.236 e. The molecule has 21 heavy (non-hydrogen) atoms. The molecule has 1 fully saturated rings. The van der Waals surface area contributed by atoms with Crippen molar-refractivity contribution in [3.8, 4) is 0 Å². The molecule has 1 rings (SSSR count). The van der Waals surface area contributed by atoms with E-state index in [0.717, 1.165) is 39.0 Å². The van der Waals surface area contributed by atoms with Gasteiger partial charge in [0.1, 0.15) is 0 Å². The van der Waals surface area contributed by atoms with Gasteiger partial charge in [0.25, 0.3) is 0 Å². The zero-order chi connectivity index (χ0) is 16.0. The van der Waals surface area contributed by atoms with Crippen LogP contribution in [0.15, 0.2) is 0 Å². The molecular weight excluding hydrogens is 262 g/mol. The average Bonchev–Trinajstić information content (AvgIpc) is 2.37. The first kappa shape index (κ1) is 18.4. The zero-order valence-electron chi connectivity index (χ0n) is 14.6. The Bertz CT molecular complexity index is 297. The summed E-state index contributed by atoms with van der Waals surface area (Å²) in [5, 5.41) is 0. The van der Waals surface area contributed by atoms with Crippen LogP contribution in [-0.4, -0.2) is 54.5 Å². The van der Waals surface area contributed by atoms with Crippen LogP contribution in [0.4, 0.5) is 0 Å². The highest BCUT2D eigenvalue weighted by Crippen LogP contribution is 2.19. The van der Waals surface area contributed by atoms with Crippen LogP contribution < -0.4 is 5.73 Å². The van der Waals surface area contributed by atoms with E-state index in [4.69, 9.17) is 5.73 Å². The van der Waals surface area contributed by atoms with Crippen molar-refractivity contribution in [3.63, 3.8) is 0 Å². The molecule has 1 aliphatic heterocycles. The molecule has 0 aromatic rings. The third-order valence-corrected chi connectivity index (χ3v) is 4.26. The predicted octanol–water partition coefficient (Wildman–Crippen LogP) is 2.19. The highest BCUT2D eigenvalue weighted by Gasteiger charge is 2.25. The number of hydrogen-bond acceptors (Lipinski definition) is 3. The van der Waals surface area contributed by atoms with Gasteiger partial charge in [0, 0.05) is 19.1 Å². The molecule has 0 aromatic heterocycles. The van der Waals surface area contributed by atoms with E-state index < -0.39 is 0 Å². The van der Waals surface area contributed by atoms with Crippen molar-refractivity contribution in [2.45, 2.75) is 53.5 Å². The Hall–Kier alpha value is -0.610. The second kappa shape index (κ2) is 8.74. The topological polar surface area (TPSA) is 49.6 Å². The summed E-state index contributed by atoms with van der Waals surface area (Å²) in [4.78, 5) is 16.9. The normalized spacial score (nSPS) is 19.2. The zero-order valence-corrected chi connectivity index (χ0v) is 14.6. The number of likely N-dealkylation sites (tertiary alicyclic amines) is 1. The molecule has 1 saturated heterocycles. The maximum atomic E-state index is 12.6. The second-order valence-electron chi connectivity index (χ2n) is 7.56. The van der Waals surface area contributed by atoms with Gasteiger partial charge in [-0.1, -0.05) is 27.7 Å². The minimum Gasteiger partial charge on any atom is -0.341 e. The average molecular weight is 297 g/mol. The number of nitrogens with two attached hydrogens (primary N) is 1. The first-order chi connectivity index (χ1) is 9.79. The van der Waals surface area contributed by atoms with E-state index in [2.05, 4.69) is 39.5 Å². The summed E-state index contributed by atoms with van der Waals surface area (Å²) in [6, 6.07) is 0.279. The molecule has 0 aromatic carbocycles. The lowest BCUT2D eigenvalue weighted by Gasteiger charge is -2.35. The summed E-state index contributed by atoms with van der Waals surface area (Å²) >= 11 is 0. The lowest BCUT2D eigenvalue weighted by molar-refractivity contribution is -0.133. The first-order valence-electron chi connectivity index (χ1n) is 8.55. The molecule has 1 aliphatic rings. The van der Waals surface area contributed by atoms with Gasteiger partial charge in [-0.05, 0) is 50.6 Å². The van der Waals surface area contributed by atoms with Crippen molar-refractivity contribution >= 4 is 5.91 Å². The molecular formula is C17H35N3O. The lowest BCUT2D eigenvalue weighted by Crippen LogP contribution is -2.47. The first-order valence-corrected chi connectivity index (χ1v) is 8.55. The van der Waals surface area contributed by atoms with E-state index in [9.17, 15) is 4.79 Å². The highest BCUT2D eigenvalue weighted by atomic mass is 16.2. The molecule has 0 spiro atoms. The van der Waals surface area contributed by atoms with Gasteiger partial charge in [0.05, 0.1) is 6.54 Å². The van der Waals surface area contributed by atoms with Gasteiger partial charge in [-0.25, -0.2) is 0 Å². The fourth-order valence-electron chi connectivity index (χ4n) is 3.09. The van der Waals surface area contributed by atoms with E-state index in [1.54, 1.807) is 0 Å². The van der Waals surface area contributed by atoms with Gasteiger partial charge in [0.2, 0.25) is 5.91 Å². The van der Waals surface area contributed by atoms with Crippen molar-refractivity contribution in [3.05, 3.63) is 0 Å². The third kappa shape index (κ3) is 6.79. The molecule has 0 saturated carbocycles. The SMILES string of the molecule is CC(C)CN(CC(C)C)C(=O)CN1CCC(C(C)N)CC1. The fraction of sp³-hybridized carbons (Fsp3) is 0.941. The van der Waals surface area contributed by atoms with E-state index in [1.165, 1.54) is 0 Å². The number of carbonyl (C=O) groups excluding carboxylic acids is 1. The van der Waals surface area contributed by atoms with Crippen LogP contribution in [0.1, 0.15) is 47.5 Å². The number of piperidine rings is 1. The van der Waals surface area contributed by atoms with Crippen molar-refractivity contribution in [1.82, 2.24) is 9.80 Å². The summed E-state index contributed by atoms with van der Waals surface area (Å²) in [6.45, 7) is 15.1. The van der Waals surface area contributed by atoms with Crippen LogP contribution >= 0.6 is 0 Å². The Labute approximate surface area is 131 Å². The van der Waals surface area contributed by atoms with Crippen LogP contribution in [-0.2, 0) is 4.79 Å². The maximum absolute atomic E-state index is 12.6. The summed E-state index contributed by atoms with van der Waals surface area (Å²) in [5.41, 5.74) is 5.98. The van der Waals surface area contributed by atoms with Crippen molar-refractivity contribution in [2.75, 3.05) is 32.7 Å². The number of amides is 1.